The average molecular weight is 890 g/mol. The van der Waals surface area contributed by atoms with Gasteiger partial charge in [0, 0.05) is 16.9 Å². The van der Waals surface area contributed by atoms with Crippen LogP contribution in [0.5, 0.6) is 0 Å². The van der Waals surface area contributed by atoms with Crippen molar-refractivity contribution < 1.29 is 0 Å². The maximum Gasteiger partial charge on any atom is 0.0714 e. The minimum Gasteiger partial charge on any atom is -0.310 e. The number of hydrogen-bond acceptors (Lipinski definition) is 1. The van der Waals surface area contributed by atoms with Crippen LogP contribution in [0.15, 0.2) is 285 Å². The van der Waals surface area contributed by atoms with E-state index in [4.69, 9.17) is 0 Å². The van der Waals surface area contributed by atoms with E-state index in [1.807, 2.05) is 0 Å². The number of nitrogens with zero attached hydrogens (tertiary/aromatic N) is 1. The van der Waals surface area contributed by atoms with Crippen LogP contribution in [0.25, 0.3) is 77.2 Å². The molecule has 0 amide bonds. The number of benzene rings is 12. The highest BCUT2D eigenvalue weighted by Gasteiger charge is 2.46. The van der Waals surface area contributed by atoms with Crippen molar-refractivity contribution in [2.24, 2.45) is 0 Å². The topological polar surface area (TPSA) is 3.24 Å². The molecule has 0 fully saturated rings. The zero-order valence-electron chi connectivity index (χ0n) is 38.6. The predicted octanol–water partition coefficient (Wildman–Crippen LogP) is 18.5. The van der Waals surface area contributed by atoms with Crippen LogP contribution < -0.4 is 4.90 Å². The van der Waals surface area contributed by atoms with E-state index in [-0.39, 0.29) is 0 Å². The molecule has 0 aromatic heterocycles. The van der Waals surface area contributed by atoms with Crippen LogP contribution in [-0.4, -0.2) is 0 Å². The summed E-state index contributed by atoms with van der Waals surface area (Å²) in [6.45, 7) is 0. The molecule has 13 rings (SSSR count). The third-order valence-corrected chi connectivity index (χ3v) is 14.6. The standard InChI is InChI=1S/C69H47N/c1-5-19-48(20-6-1)49-33-35-50(36-34-49)51-37-40-57(41-38-51)70(58-42-44-64-63-31-17-18-32-66(63)69(67(64)47-58,55-24-9-3-10-25-55)56-26-11-4-12-27-56)68-46-54(39-43-60(68)52-21-7-2-8-22-52)65-45-53-23-13-14-28-59(53)61-29-15-16-30-62(61)65/h1-47H. The molecular weight excluding hydrogens is 843 g/mol. The number of anilines is 3. The van der Waals surface area contributed by atoms with Crippen molar-refractivity contribution in [2.45, 2.75) is 5.41 Å². The van der Waals surface area contributed by atoms with Crippen LogP contribution in [0.1, 0.15) is 22.3 Å². The fourth-order valence-electron chi connectivity index (χ4n) is 11.3. The third-order valence-electron chi connectivity index (χ3n) is 14.6. The van der Waals surface area contributed by atoms with E-state index >= 15 is 0 Å². The van der Waals surface area contributed by atoms with Crippen molar-refractivity contribution in [1.29, 1.82) is 0 Å². The molecule has 1 aliphatic carbocycles. The van der Waals surface area contributed by atoms with Gasteiger partial charge in [-0.25, -0.2) is 0 Å². The zero-order valence-corrected chi connectivity index (χ0v) is 38.6. The van der Waals surface area contributed by atoms with Gasteiger partial charge < -0.3 is 4.90 Å². The number of fused-ring (bicyclic) bond motifs is 6. The van der Waals surface area contributed by atoms with E-state index in [1.54, 1.807) is 0 Å². The number of hydrogen-bond donors (Lipinski definition) is 0. The highest BCUT2D eigenvalue weighted by atomic mass is 15.1. The van der Waals surface area contributed by atoms with Gasteiger partial charge in [-0.05, 0) is 130 Å². The van der Waals surface area contributed by atoms with Gasteiger partial charge >= 0.3 is 0 Å². The SMILES string of the molecule is c1ccc(-c2ccc(-c3ccc(N(c4ccc5c(c4)C(c4ccccc4)(c4ccccc4)c4ccccc4-5)c4cc(-c5cc6ccccc6c6ccccc56)ccc4-c4ccccc4)cc3)cc2)cc1. The summed E-state index contributed by atoms with van der Waals surface area (Å²) in [4.78, 5) is 2.50. The minimum absolute atomic E-state index is 0.556. The Balaban J connectivity index is 1.06. The van der Waals surface area contributed by atoms with Gasteiger partial charge in [0.2, 0.25) is 0 Å². The van der Waals surface area contributed by atoms with Crippen molar-refractivity contribution in [3.8, 4) is 55.6 Å². The van der Waals surface area contributed by atoms with E-state index in [2.05, 4.69) is 290 Å². The summed E-state index contributed by atoms with van der Waals surface area (Å²) >= 11 is 0. The van der Waals surface area contributed by atoms with Gasteiger partial charge in [-0.1, -0.05) is 249 Å². The van der Waals surface area contributed by atoms with Crippen molar-refractivity contribution >= 4 is 38.6 Å². The second-order valence-electron chi connectivity index (χ2n) is 18.4. The van der Waals surface area contributed by atoms with Crippen LogP contribution in [-0.2, 0) is 5.41 Å². The van der Waals surface area contributed by atoms with E-state index in [0.717, 1.165) is 33.8 Å². The van der Waals surface area contributed by atoms with Crippen LogP contribution in [0.3, 0.4) is 0 Å². The summed E-state index contributed by atoms with van der Waals surface area (Å²) in [7, 11) is 0. The second kappa shape index (κ2) is 17.2. The number of rotatable bonds is 9. The Labute approximate surface area is 409 Å². The molecule has 0 N–H and O–H groups in total. The first kappa shape index (κ1) is 41.2. The van der Waals surface area contributed by atoms with Gasteiger partial charge in [-0.2, -0.15) is 0 Å². The maximum atomic E-state index is 2.50. The van der Waals surface area contributed by atoms with E-state index < -0.39 is 5.41 Å². The average Bonchev–Trinajstić information content (AvgIpc) is 3.74. The highest BCUT2D eigenvalue weighted by molar-refractivity contribution is 6.14. The molecule has 12 aromatic rings. The van der Waals surface area contributed by atoms with Gasteiger partial charge in [0.15, 0.2) is 0 Å². The minimum atomic E-state index is -0.556. The quantitative estimate of drug-likeness (QED) is 0.131. The van der Waals surface area contributed by atoms with Crippen LogP contribution in [0.4, 0.5) is 17.1 Å². The summed E-state index contributed by atoms with van der Waals surface area (Å²) in [5.74, 6) is 0. The van der Waals surface area contributed by atoms with Gasteiger partial charge in [0.05, 0.1) is 11.1 Å². The Bertz CT molecular complexity index is 3800. The van der Waals surface area contributed by atoms with Gasteiger partial charge in [0.1, 0.15) is 0 Å². The predicted molar refractivity (Wildman–Crippen MR) is 295 cm³/mol. The van der Waals surface area contributed by atoms with Crippen LogP contribution >= 0.6 is 0 Å². The lowest BCUT2D eigenvalue weighted by Crippen LogP contribution is -2.28. The van der Waals surface area contributed by atoms with E-state index in [9.17, 15) is 0 Å². The second-order valence-corrected chi connectivity index (χ2v) is 18.4. The Kier molecular flexibility index (Phi) is 10.1. The van der Waals surface area contributed by atoms with Crippen molar-refractivity contribution in [3.63, 3.8) is 0 Å². The molecule has 0 saturated heterocycles. The largest absolute Gasteiger partial charge is 0.310 e. The molecule has 0 heterocycles. The Morgan fingerprint density at radius 2 is 0.700 bits per heavy atom. The molecule has 1 aliphatic rings. The normalized spacial score (nSPS) is 12.4. The summed E-state index contributed by atoms with van der Waals surface area (Å²) in [6.07, 6.45) is 0. The first-order valence-corrected chi connectivity index (χ1v) is 24.2. The lowest BCUT2D eigenvalue weighted by molar-refractivity contribution is 0.768. The van der Waals surface area contributed by atoms with Crippen molar-refractivity contribution in [3.05, 3.63) is 307 Å². The molecule has 0 saturated carbocycles. The highest BCUT2D eigenvalue weighted by Crippen LogP contribution is 2.57. The van der Waals surface area contributed by atoms with Crippen molar-refractivity contribution in [1.82, 2.24) is 0 Å². The van der Waals surface area contributed by atoms with Gasteiger partial charge in [-0.3, -0.25) is 0 Å². The molecule has 1 nitrogen and oxygen atoms in total. The monoisotopic (exact) mass is 889 g/mol. The molecule has 0 bridgehead atoms. The Morgan fingerprint density at radius 1 is 0.243 bits per heavy atom. The summed E-state index contributed by atoms with van der Waals surface area (Å²) < 4.78 is 0. The van der Waals surface area contributed by atoms with Crippen LogP contribution in [0.2, 0.25) is 0 Å². The lowest BCUT2D eigenvalue weighted by Gasteiger charge is -2.35. The third kappa shape index (κ3) is 6.86. The van der Waals surface area contributed by atoms with Gasteiger partial charge in [0.25, 0.3) is 0 Å². The van der Waals surface area contributed by atoms with E-state index in [1.165, 1.54) is 82.7 Å². The summed E-state index contributed by atoms with van der Waals surface area (Å²) in [5.41, 5.74) is 19.7. The van der Waals surface area contributed by atoms with Crippen molar-refractivity contribution in [2.75, 3.05) is 4.90 Å². The molecule has 12 aromatic carbocycles. The molecule has 70 heavy (non-hydrogen) atoms. The first-order chi connectivity index (χ1) is 34.7. The molecule has 1 heteroatoms. The molecule has 328 valence electrons. The zero-order chi connectivity index (χ0) is 46.4. The van der Waals surface area contributed by atoms with E-state index in [0.29, 0.717) is 0 Å². The summed E-state index contributed by atoms with van der Waals surface area (Å²) in [6, 6.07) is 105. The fraction of sp³-hybridized carbons (Fsp3) is 0.0145. The summed E-state index contributed by atoms with van der Waals surface area (Å²) in [5, 5.41) is 4.98. The molecule has 0 unspecified atom stereocenters. The lowest BCUT2D eigenvalue weighted by atomic mass is 9.67. The smallest absolute Gasteiger partial charge is 0.0714 e. The molecular formula is C69H47N. The molecule has 0 atom stereocenters. The Morgan fingerprint density at radius 3 is 1.36 bits per heavy atom. The Hall–Kier alpha value is -9.04. The molecule has 0 radical (unpaired) electrons. The van der Waals surface area contributed by atoms with Crippen LogP contribution in [0, 0.1) is 0 Å². The molecule has 0 spiro atoms. The van der Waals surface area contributed by atoms with Gasteiger partial charge in [-0.15, -0.1) is 0 Å². The maximum absolute atomic E-state index is 2.50. The molecule has 0 aliphatic heterocycles. The first-order valence-electron chi connectivity index (χ1n) is 24.2. The fourth-order valence-corrected chi connectivity index (χ4v) is 11.3.